The number of amides is 1. The Labute approximate surface area is 123 Å². The van der Waals surface area contributed by atoms with Gasteiger partial charge in [-0.1, -0.05) is 31.4 Å². The van der Waals surface area contributed by atoms with Crippen molar-refractivity contribution in [1.82, 2.24) is 5.32 Å². The second-order valence-electron chi connectivity index (χ2n) is 5.76. The van der Waals surface area contributed by atoms with E-state index < -0.39 is 5.54 Å². The minimum absolute atomic E-state index is 0.0859. The number of aliphatic hydroxyl groups is 1. The third-order valence-corrected chi connectivity index (χ3v) is 4.21. The van der Waals surface area contributed by atoms with Crippen LogP contribution in [0.3, 0.4) is 0 Å². The molecule has 1 amide bonds. The molecule has 2 atom stereocenters. The SMILES string of the molecule is CC1CCCC(CO)(NC(=O)c2ccc(Cl)cc2O)C1. The van der Waals surface area contributed by atoms with Crippen LogP contribution in [-0.4, -0.2) is 28.3 Å². The molecule has 110 valence electrons. The Morgan fingerprint density at radius 1 is 1.55 bits per heavy atom. The number of rotatable bonds is 3. The first kappa shape index (κ1) is 15.1. The Kier molecular flexibility index (Phi) is 4.55. The van der Waals surface area contributed by atoms with Gasteiger partial charge in [-0.2, -0.15) is 0 Å². The van der Waals surface area contributed by atoms with Crippen LogP contribution in [0.2, 0.25) is 5.02 Å². The standard InChI is InChI=1S/C15H20ClNO3/c1-10-3-2-6-15(8-10,9-18)17-14(20)12-5-4-11(16)7-13(12)19/h4-5,7,10,18-19H,2-3,6,8-9H2,1H3,(H,17,20). The van der Waals surface area contributed by atoms with Gasteiger partial charge in [0.2, 0.25) is 0 Å². The molecule has 0 radical (unpaired) electrons. The van der Waals surface area contributed by atoms with Crippen LogP contribution in [-0.2, 0) is 0 Å². The summed E-state index contributed by atoms with van der Waals surface area (Å²) in [6, 6.07) is 4.39. The molecule has 20 heavy (non-hydrogen) atoms. The van der Waals surface area contributed by atoms with Crippen LogP contribution < -0.4 is 5.32 Å². The second kappa shape index (κ2) is 6.02. The highest BCUT2D eigenvalue weighted by Gasteiger charge is 2.36. The Hall–Kier alpha value is -1.26. The number of aromatic hydroxyl groups is 1. The van der Waals surface area contributed by atoms with Gasteiger partial charge < -0.3 is 15.5 Å². The van der Waals surface area contributed by atoms with Gasteiger partial charge in [0.1, 0.15) is 5.75 Å². The molecule has 1 saturated carbocycles. The van der Waals surface area contributed by atoms with E-state index in [2.05, 4.69) is 12.2 Å². The maximum atomic E-state index is 12.3. The number of aliphatic hydroxyl groups excluding tert-OH is 1. The number of hydrogen-bond donors (Lipinski definition) is 3. The molecule has 0 aromatic heterocycles. The third-order valence-electron chi connectivity index (χ3n) is 3.98. The highest BCUT2D eigenvalue weighted by molar-refractivity contribution is 6.30. The monoisotopic (exact) mass is 297 g/mol. The van der Waals surface area contributed by atoms with Gasteiger partial charge in [0.15, 0.2) is 0 Å². The molecule has 2 rings (SSSR count). The fourth-order valence-corrected chi connectivity index (χ4v) is 3.13. The quantitative estimate of drug-likeness (QED) is 0.803. The average molecular weight is 298 g/mol. The van der Waals surface area contributed by atoms with E-state index in [0.29, 0.717) is 10.9 Å². The van der Waals surface area contributed by atoms with Crippen LogP contribution in [0.15, 0.2) is 18.2 Å². The highest BCUT2D eigenvalue weighted by Crippen LogP contribution is 2.32. The summed E-state index contributed by atoms with van der Waals surface area (Å²) in [6.07, 6.45) is 3.61. The van der Waals surface area contributed by atoms with Crippen molar-refractivity contribution in [2.24, 2.45) is 5.92 Å². The zero-order valence-electron chi connectivity index (χ0n) is 11.5. The van der Waals surface area contributed by atoms with Crippen molar-refractivity contribution in [3.8, 4) is 5.75 Å². The van der Waals surface area contributed by atoms with Crippen molar-refractivity contribution >= 4 is 17.5 Å². The van der Waals surface area contributed by atoms with Gasteiger partial charge in [-0.15, -0.1) is 0 Å². The summed E-state index contributed by atoms with van der Waals surface area (Å²) in [5.41, 5.74) is -0.402. The van der Waals surface area contributed by atoms with Gasteiger partial charge in [-0.05, 0) is 37.0 Å². The van der Waals surface area contributed by atoms with Crippen molar-refractivity contribution in [2.75, 3.05) is 6.61 Å². The van der Waals surface area contributed by atoms with Crippen molar-refractivity contribution in [2.45, 2.75) is 38.1 Å². The first-order valence-corrected chi connectivity index (χ1v) is 7.25. The molecule has 0 spiro atoms. The van der Waals surface area contributed by atoms with Gasteiger partial charge in [0.25, 0.3) is 5.91 Å². The number of carbonyl (C=O) groups is 1. The van der Waals surface area contributed by atoms with Crippen molar-refractivity contribution < 1.29 is 15.0 Å². The molecule has 5 heteroatoms. The number of hydrogen-bond acceptors (Lipinski definition) is 3. The summed E-state index contributed by atoms with van der Waals surface area (Å²) in [4.78, 5) is 12.3. The summed E-state index contributed by atoms with van der Waals surface area (Å²) >= 11 is 5.76. The Balaban J connectivity index is 2.16. The molecule has 1 aromatic rings. The van der Waals surface area contributed by atoms with E-state index in [9.17, 15) is 15.0 Å². The second-order valence-corrected chi connectivity index (χ2v) is 6.19. The summed E-state index contributed by atoms with van der Waals surface area (Å²) in [6.45, 7) is 2.03. The predicted molar refractivity (Wildman–Crippen MR) is 78.0 cm³/mol. The molecular weight excluding hydrogens is 278 g/mol. The van der Waals surface area contributed by atoms with Gasteiger partial charge in [-0.3, -0.25) is 4.79 Å². The first-order valence-electron chi connectivity index (χ1n) is 6.88. The number of carbonyl (C=O) groups excluding carboxylic acids is 1. The average Bonchev–Trinajstić information content (AvgIpc) is 2.38. The molecule has 1 fully saturated rings. The zero-order valence-corrected chi connectivity index (χ0v) is 12.3. The molecular formula is C15H20ClNO3. The van der Waals surface area contributed by atoms with E-state index in [1.807, 2.05) is 0 Å². The summed E-state index contributed by atoms with van der Waals surface area (Å²) in [7, 11) is 0. The molecule has 0 saturated heterocycles. The largest absolute Gasteiger partial charge is 0.507 e. The topological polar surface area (TPSA) is 69.6 Å². The molecule has 1 aliphatic rings. The number of halogens is 1. The molecule has 0 bridgehead atoms. The molecule has 1 aromatic carbocycles. The molecule has 0 heterocycles. The van der Waals surface area contributed by atoms with E-state index >= 15 is 0 Å². The summed E-state index contributed by atoms with van der Waals surface area (Å²) in [5.74, 6) is -0.0516. The fourth-order valence-electron chi connectivity index (χ4n) is 2.96. The van der Waals surface area contributed by atoms with Crippen molar-refractivity contribution in [3.63, 3.8) is 0 Å². The Morgan fingerprint density at radius 3 is 2.90 bits per heavy atom. The fraction of sp³-hybridized carbons (Fsp3) is 0.533. The van der Waals surface area contributed by atoms with Crippen LogP contribution in [0, 0.1) is 5.92 Å². The normalized spacial score (nSPS) is 26.2. The van der Waals surface area contributed by atoms with Crippen LogP contribution in [0.25, 0.3) is 0 Å². The number of phenolic OH excluding ortho intramolecular Hbond substituents is 1. The lowest BCUT2D eigenvalue weighted by Gasteiger charge is -2.39. The Bertz CT molecular complexity index is 506. The number of nitrogens with one attached hydrogen (secondary N) is 1. The lowest BCUT2D eigenvalue weighted by Crippen LogP contribution is -2.53. The van der Waals surface area contributed by atoms with Gasteiger partial charge in [0.05, 0.1) is 17.7 Å². The van der Waals surface area contributed by atoms with E-state index in [1.165, 1.54) is 12.1 Å². The smallest absolute Gasteiger partial charge is 0.255 e. The molecule has 4 nitrogen and oxygen atoms in total. The van der Waals surface area contributed by atoms with E-state index in [1.54, 1.807) is 6.07 Å². The molecule has 3 N–H and O–H groups in total. The van der Waals surface area contributed by atoms with Crippen molar-refractivity contribution in [3.05, 3.63) is 28.8 Å². The van der Waals surface area contributed by atoms with Gasteiger partial charge >= 0.3 is 0 Å². The third kappa shape index (κ3) is 3.25. The molecule has 2 unspecified atom stereocenters. The number of phenols is 1. The number of benzene rings is 1. The Morgan fingerprint density at radius 2 is 2.30 bits per heavy atom. The minimum atomic E-state index is -0.583. The first-order chi connectivity index (χ1) is 9.46. The molecule has 1 aliphatic carbocycles. The van der Waals surface area contributed by atoms with Crippen molar-refractivity contribution in [1.29, 1.82) is 0 Å². The zero-order chi connectivity index (χ0) is 14.8. The van der Waals surface area contributed by atoms with E-state index in [0.717, 1.165) is 25.7 Å². The lowest BCUT2D eigenvalue weighted by molar-refractivity contribution is 0.0695. The predicted octanol–water partition coefficient (Wildman–Crippen LogP) is 2.72. The van der Waals surface area contributed by atoms with Crippen LogP contribution in [0.4, 0.5) is 0 Å². The van der Waals surface area contributed by atoms with Crippen LogP contribution >= 0.6 is 11.6 Å². The highest BCUT2D eigenvalue weighted by atomic mass is 35.5. The van der Waals surface area contributed by atoms with Crippen LogP contribution in [0.1, 0.15) is 43.0 Å². The minimum Gasteiger partial charge on any atom is -0.507 e. The van der Waals surface area contributed by atoms with E-state index in [4.69, 9.17) is 11.6 Å². The van der Waals surface area contributed by atoms with Gasteiger partial charge in [0, 0.05) is 5.02 Å². The van der Waals surface area contributed by atoms with Crippen LogP contribution in [0.5, 0.6) is 5.75 Å². The molecule has 0 aliphatic heterocycles. The summed E-state index contributed by atoms with van der Waals surface area (Å²) < 4.78 is 0. The maximum absolute atomic E-state index is 12.3. The van der Waals surface area contributed by atoms with Gasteiger partial charge in [-0.25, -0.2) is 0 Å². The van der Waals surface area contributed by atoms with E-state index in [-0.39, 0.29) is 23.8 Å². The summed E-state index contributed by atoms with van der Waals surface area (Å²) in [5, 5.41) is 22.7. The lowest BCUT2D eigenvalue weighted by atomic mass is 9.76. The maximum Gasteiger partial charge on any atom is 0.255 e.